The smallest absolute Gasteiger partial charge is 0.123 e. The van der Waals surface area contributed by atoms with Gasteiger partial charge in [-0.15, -0.1) is 0 Å². The Morgan fingerprint density at radius 1 is 1.30 bits per heavy atom. The van der Waals surface area contributed by atoms with Crippen LogP contribution < -0.4 is 15.8 Å². The van der Waals surface area contributed by atoms with Gasteiger partial charge in [0.05, 0.1) is 6.61 Å². The molecule has 0 aromatic heterocycles. The predicted octanol–water partition coefficient (Wildman–Crippen LogP) is 2.88. The maximum absolute atomic E-state index is 9.35. The zero-order chi connectivity index (χ0) is 14.4. The highest BCUT2D eigenvalue weighted by Gasteiger charge is 2.26. The van der Waals surface area contributed by atoms with Crippen LogP contribution in [0.1, 0.15) is 32.6 Å². The van der Waals surface area contributed by atoms with E-state index in [1.54, 1.807) is 0 Å². The van der Waals surface area contributed by atoms with Gasteiger partial charge in [0.1, 0.15) is 5.75 Å². The SMILES string of the molecule is CCCOc1cc(N)cc(NCC2CCCC2CO)c1. The van der Waals surface area contributed by atoms with Gasteiger partial charge in [-0.3, -0.25) is 0 Å². The fourth-order valence-corrected chi connectivity index (χ4v) is 2.90. The number of hydrogen-bond donors (Lipinski definition) is 3. The fraction of sp³-hybridized carbons (Fsp3) is 0.625. The number of anilines is 2. The van der Waals surface area contributed by atoms with E-state index >= 15 is 0 Å². The molecular formula is C16H26N2O2. The highest BCUT2D eigenvalue weighted by Crippen LogP contribution is 2.32. The molecule has 1 fully saturated rings. The zero-order valence-corrected chi connectivity index (χ0v) is 12.3. The van der Waals surface area contributed by atoms with Crippen molar-refractivity contribution in [2.24, 2.45) is 11.8 Å². The monoisotopic (exact) mass is 278 g/mol. The first-order chi connectivity index (χ1) is 9.72. The first-order valence-corrected chi connectivity index (χ1v) is 7.61. The number of ether oxygens (including phenoxy) is 1. The van der Waals surface area contributed by atoms with Crippen molar-refractivity contribution in [3.05, 3.63) is 18.2 Å². The van der Waals surface area contributed by atoms with Gasteiger partial charge in [0.2, 0.25) is 0 Å². The first-order valence-electron chi connectivity index (χ1n) is 7.61. The number of aliphatic hydroxyl groups excluding tert-OH is 1. The second-order valence-corrected chi connectivity index (χ2v) is 5.65. The summed E-state index contributed by atoms with van der Waals surface area (Å²) in [5.74, 6) is 1.82. The van der Waals surface area contributed by atoms with Gasteiger partial charge in [0.25, 0.3) is 0 Å². The van der Waals surface area contributed by atoms with E-state index in [0.29, 0.717) is 30.7 Å². The third-order valence-electron chi connectivity index (χ3n) is 4.02. The molecular weight excluding hydrogens is 252 g/mol. The lowest BCUT2D eigenvalue weighted by atomic mass is 9.97. The first kappa shape index (κ1) is 15.0. The maximum atomic E-state index is 9.35. The number of aliphatic hydroxyl groups is 1. The molecule has 1 saturated carbocycles. The molecule has 1 aliphatic rings. The summed E-state index contributed by atoms with van der Waals surface area (Å²) in [6.45, 7) is 3.98. The van der Waals surface area contributed by atoms with Crippen molar-refractivity contribution in [1.82, 2.24) is 0 Å². The number of rotatable bonds is 7. The van der Waals surface area contributed by atoms with E-state index < -0.39 is 0 Å². The van der Waals surface area contributed by atoms with Crippen molar-refractivity contribution in [2.75, 3.05) is 30.8 Å². The summed E-state index contributed by atoms with van der Waals surface area (Å²) in [4.78, 5) is 0. The van der Waals surface area contributed by atoms with E-state index in [9.17, 15) is 5.11 Å². The van der Waals surface area contributed by atoms with Crippen LogP contribution in [0.4, 0.5) is 11.4 Å². The van der Waals surface area contributed by atoms with Crippen LogP contribution in [-0.2, 0) is 0 Å². The van der Waals surface area contributed by atoms with E-state index in [1.807, 2.05) is 18.2 Å². The molecule has 20 heavy (non-hydrogen) atoms. The normalized spacial score (nSPS) is 21.9. The molecule has 112 valence electrons. The van der Waals surface area contributed by atoms with Crippen molar-refractivity contribution in [1.29, 1.82) is 0 Å². The van der Waals surface area contributed by atoms with Gasteiger partial charge in [-0.1, -0.05) is 13.3 Å². The minimum absolute atomic E-state index is 0.300. The van der Waals surface area contributed by atoms with Crippen LogP contribution in [0, 0.1) is 11.8 Å². The molecule has 0 bridgehead atoms. The summed E-state index contributed by atoms with van der Waals surface area (Å²) in [5, 5.41) is 12.8. The van der Waals surface area contributed by atoms with Gasteiger partial charge in [-0.25, -0.2) is 0 Å². The summed E-state index contributed by atoms with van der Waals surface area (Å²) in [6, 6.07) is 5.78. The number of benzene rings is 1. The van der Waals surface area contributed by atoms with Gasteiger partial charge in [-0.05, 0) is 37.2 Å². The molecule has 2 rings (SSSR count). The Hall–Kier alpha value is -1.42. The third kappa shape index (κ3) is 4.04. The predicted molar refractivity (Wildman–Crippen MR) is 83.0 cm³/mol. The summed E-state index contributed by atoms with van der Waals surface area (Å²) in [5.41, 5.74) is 7.62. The van der Waals surface area contributed by atoms with Gasteiger partial charge >= 0.3 is 0 Å². The second kappa shape index (κ2) is 7.39. The molecule has 1 aliphatic carbocycles. The maximum Gasteiger partial charge on any atom is 0.123 e. The standard InChI is InChI=1S/C16H26N2O2/c1-2-6-20-16-8-14(17)7-15(9-16)18-10-12-4-3-5-13(12)11-19/h7-9,12-13,18-19H,2-6,10-11,17H2,1H3. The van der Waals surface area contributed by atoms with Gasteiger partial charge in [-0.2, -0.15) is 0 Å². The Balaban J connectivity index is 1.93. The van der Waals surface area contributed by atoms with Crippen molar-refractivity contribution >= 4 is 11.4 Å². The van der Waals surface area contributed by atoms with Crippen molar-refractivity contribution in [3.8, 4) is 5.75 Å². The molecule has 0 radical (unpaired) electrons. The van der Waals surface area contributed by atoms with Crippen molar-refractivity contribution in [3.63, 3.8) is 0 Å². The lowest BCUT2D eigenvalue weighted by Crippen LogP contribution is -2.20. The van der Waals surface area contributed by atoms with Gasteiger partial charge < -0.3 is 20.9 Å². The van der Waals surface area contributed by atoms with Crippen LogP contribution in [0.25, 0.3) is 0 Å². The Morgan fingerprint density at radius 3 is 2.85 bits per heavy atom. The summed E-state index contributed by atoms with van der Waals surface area (Å²) in [6.07, 6.45) is 4.54. The van der Waals surface area contributed by atoms with Crippen molar-refractivity contribution in [2.45, 2.75) is 32.6 Å². The van der Waals surface area contributed by atoms with Gasteiger partial charge in [0, 0.05) is 36.7 Å². The zero-order valence-electron chi connectivity index (χ0n) is 12.3. The van der Waals surface area contributed by atoms with Crippen LogP contribution in [0.2, 0.25) is 0 Å². The molecule has 1 aromatic carbocycles. The fourth-order valence-electron chi connectivity index (χ4n) is 2.90. The number of nitrogen functional groups attached to an aromatic ring is 1. The Kier molecular flexibility index (Phi) is 5.53. The highest BCUT2D eigenvalue weighted by atomic mass is 16.5. The second-order valence-electron chi connectivity index (χ2n) is 5.65. The number of nitrogens with two attached hydrogens (primary N) is 1. The molecule has 4 nitrogen and oxygen atoms in total. The van der Waals surface area contributed by atoms with E-state index in [2.05, 4.69) is 12.2 Å². The van der Waals surface area contributed by atoms with Crippen LogP contribution in [0.15, 0.2) is 18.2 Å². The largest absolute Gasteiger partial charge is 0.493 e. The van der Waals surface area contributed by atoms with Crippen LogP contribution in [-0.4, -0.2) is 24.9 Å². The summed E-state index contributed by atoms with van der Waals surface area (Å²) < 4.78 is 5.63. The number of hydrogen-bond acceptors (Lipinski definition) is 4. The molecule has 0 amide bonds. The minimum Gasteiger partial charge on any atom is -0.493 e. The Labute approximate surface area is 121 Å². The molecule has 0 heterocycles. The highest BCUT2D eigenvalue weighted by molar-refractivity contribution is 5.59. The van der Waals surface area contributed by atoms with E-state index in [1.165, 1.54) is 12.8 Å². The van der Waals surface area contributed by atoms with Crippen LogP contribution in [0.5, 0.6) is 5.75 Å². The molecule has 0 aliphatic heterocycles. The average molecular weight is 278 g/mol. The molecule has 2 atom stereocenters. The van der Waals surface area contributed by atoms with Crippen molar-refractivity contribution < 1.29 is 9.84 Å². The van der Waals surface area contributed by atoms with Crippen LogP contribution in [0.3, 0.4) is 0 Å². The van der Waals surface area contributed by atoms with Crippen LogP contribution >= 0.6 is 0 Å². The molecule has 4 N–H and O–H groups in total. The number of nitrogens with one attached hydrogen (secondary N) is 1. The minimum atomic E-state index is 0.300. The average Bonchev–Trinajstić information content (AvgIpc) is 2.90. The van der Waals surface area contributed by atoms with E-state index in [0.717, 1.165) is 30.8 Å². The summed E-state index contributed by atoms with van der Waals surface area (Å²) >= 11 is 0. The molecule has 2 unspecified atom stereocenters. The molecule has 4 heteroatoms. The Morgan fingerprint density at radius 2 is 2.10 bits per heavy atom. The lowest BCUT2D eigenvalue weighted by Gasteiger charge is -2.19. The summed E-state index contributed by atoms with van der Waals surface area (Å²) in [7, 11) is 0. The Bertz CT molecular complexity index is 423. The molecule has 0 saturated heterocycles. The van der Waals surface area contributed by atoms with Gasteiger partial charge in [0.15, 0.2) is 0 Å². The quantitative estimate of drug-likeness (QED) is 0.671. The lowest BCUT2D eigenvalue weighted by molar-refractivity contribution is 0.199. The van der Waals surface area contributed by atoms with E-state index in [4.69, 9.17) is 10.5 Å². The third-order valence-corrected chi connectivity index (χ3v) is 4.02. The molecule has 0 spiro atoms. The van der Waals surface area contributed by atoms with E-state index in [-0.39, 0.29) is 0 Å². The topological polar surface area (TPSA) is 67.5 Å². The molecule has 1 aromatic rings.